The Bertz CT molecular complexity index is 1180. The Kier molecular flexibility index (Phi) is 5.59. The number of benzene rings is 3. The number of phenols is 1. The van der Waals surface area contributed by atoms with E-state index in [9.17, 15) is 9.90 Å². The molecule has 0 aliphatic carbocycles. The Morgan fingerprint density at radius 1 is 0.938 bits per heavy atom. The molecular weight excluding hydrogens is 402 g/mol. The fourth-order valence-corrected chi connectivity index (χ4v) is 4.60. The minimum absolute atomic E-state index is 0.0764. The largest absolute Gasteiger partial charge is 0.507 e. The fourth-order valence-electron chi connectivity index (χ4n) is 4.60. The monoisotopic (exact) mass is 431 g/mol. The lowest BCUT2D eigenvalue weighted by Gasteiger charge is -2.33. The van der Waals surface area contributed by atoms with Crippen LogP contribution in [0.3, 0.4) is 0 Å². The molecule has 1 aliphatic rings. The van der Waals surface area contributed by atoms with E-state index in [4.69, 9.17) is 9.47 Å². The van der Waals surface area contributed by atoms with Crippen LogP contribution in [-0.4, -0.2) is 31.3 Å². The standard InChI is InChI=1S/C27H29NO4/c1-6-28(7-2)19-12-13-22(25(16-19)31-5)27(23-14-17(3)18(4)15-24(23)29)21-11-9-8-10-20(21)26(30)32-27/h8-16,29H,6-7H2,1-5H3. The van der Waals surface area contributed by atoms with Crippen molar-refractivity contribution in [3.63, 3.8) is 0 Å². The summed E-state index contributed by atoms with van der Waals surface area (Å²) in [7, 11) is 1.61. The molecular formula is C27H29NO4. The lowest BCUT2D eigenvalue weighted by molar-refractivity contribution is 0.0239. The number of aryl methyl sites for hydroxylation is 2. The quantitative estimate of drug-likeness (QED) is 0.535. The third-order valence-corrected chi connectivity index (χ3v) is 6.46. The van der Waals surface area contributed by atoms with E-state index in [-0.39, 0.29) is 5.75 Å². The van der Waals surface area contributed by atoms with Crippen molar-refractivity contribution in [3.8, 4) is 11.5 Å². The van der Waals surface area contributed by atoms with Gasteiger partial charge < -0.3 is 19.5 Å². The van der Waals surface area contributed by atoms with Crippen molar-refractivity contribution >= 4 is 11.7 Å². The highest BCUT2D eigenvalue weighted by Gasteiger charge is 2.51. The van der Waals surface area contributed by atoms with Gasteiger partial charge in [-0.3, -0.25) is 0 Å². The number of carbonyl (C=O) groups is 1. The smallest absolute Gasteiger partial charge is 0.340 e. The number of nitrogens with zero attached hydrogens (tertiary/aromatic N) is 1. The van der Waals surface area contributed by atoms with Gasteiger partial charge in [-0.25, -0.2) is 4.79 Å². The van der Waals surface area contributed by atoms with Crippen LogP contribution in [0.4, 0.5) is 5.69 Å². The molecule has 1 heterocycles. The van der Waals surface area contributed by atoms with Gasteiger partial charge in [0.25, 0.3) is 0 Å². The molecule has 5 heteroatoms. The predicted octanol–water partition coefficient (Wildman–Crippen LogP) is 5.33. The number of anilines is 1. The van der Waals surface area contributed by atoms with Crippen molar-refractivity contribution in [3.05, 3.63) is 88.0 Å². The van der Waals surface area contributed by atoms with Crippen LogP contribution >= 0.6 is 0 Å². The number of methoxy groups -OCH3 is 1. The molecule has 3 aromatic rings. The molecule has 0 saturated carbocycles. The van der Waals surface area contributed by atoms with Crippen molar-refractivity contribution in [2.24, 2.45) is 0 Å². The summed E-state index contributed by atoms with van der Waals surface area (Å²) in [5.41, 5.74) is 4.04. The SMILES string of the molecule is CCN(CC)c1ccc(C2(c3cc(C)c(C)cc3O)OC(=O)c3ccccc32)c(OC)c1. The zero-order chi connectivity index (χ0) is 23.0. The van der Waals surface area contributed by atoms with Crippen LogP contribution in [-0.2, 0) is 10.3 Å². The highest BCUT2D eigenvalue weighted by molar-refractivity contribution is 5.96. The van der Waals surface area contributed by atoms with Crippen LogP contribution in [0.2, 0.25) is 0 Å². The second kappa shape index (κ2) is 8.23. The molecule has 0 bridgehead atoms. The second-order valence-electron chi connectivity index (χ2n) is 8.13. The van der Waals surface area contributed by atoms with E-state index in [1.54, 1.807) is 19.2 Å². The number of esters is 1. The Balaban J connectivity index is 2.06. The summed E-state index contributed by atoms with van der Waals surface area (Å²) in [5.74, 6) is 0.247. The zero-order valence-electron chi connectivity index (χ0n) is 19.2. The minimum atomic E-state index is -1.32. The average Bonchev–Trinajstić information content (AvgIpc) is 3.10. The maximum absolute atomic E-state index is 13.0. The van der Waals surface area contributed by atoms with E-state index in [1.807, 2.05) is 56.3 Å². The Morgan fingerprint density at radius 2 is 1.62 bits per heavy atom. The van der Waals surface area contributed by atoms with E-state index < -0.39 is 11.6 Å². The molecule has 5 nitrogen and oxygen atoms in total. The predicted molar refractivity (Wildman–Crippen MR) is 126 cm³/mol. The molecule has 3 aromatic carbocycles. The summed E-state index contributed by atoms with van der Waals surface area (Å²) < 4.78 is 12.0. The van der Waals surface area contributed by atoms with E-state index in [1.165, 1.54) is 0 Å². The van der Waals surface area contributed by atoms with Gasteiger partial charge in [-0.2, -0.15) is 0 Å². The van der Waals surface area contributed by atoms with E-state index in [2.05, 4.69) is 18.7 Å². The number of cyclic esters (lactones) is 1. The maximum atomic E-state index is 13.0. The van der Waals surface area contributed by atoms with Crippen molar-refractivity contribution in [2.75, 3.05) is 25.1 Å². The molecule has 32 heavy (non-hydrogen) atoms. The summed E-state index contributed by atoms with van der Waals surface area (Å²) in [6, 6.07) is 16.9. The number of hydrogen-bond acceptors (Lipinski definition) is 5. The summed E-state index contributed by atoms with van der Waals surface area (Å²) in [6.07, 6.45) is 0. The normalized spacial score (nSPS) is 17.1. The van der Waals surface area contributed by atoms with Gasteiger partial charge in [-0.15, -0.1) is 0 Å². The van der Waals surface area contributed by atoms with Gasteiger partial charge in [-0.05, 0) is 69.2 Å². The molecule has 0 fully saturated rings. The first-order chi connectivity index (χ1) is 15.4. The van der Waals surface area contributed by atoms with Crippen LogP contribution < -0.4 is 9.64 Å². The van der Waals surface area contributed by atoms with E-state index in [0.717, 1.165) is 29.9 Å². The minimum Gasteiger partial charge on any atom is -0.507 e. The number of carbonyl (C=O) groups excluding carboxylic acids is 1. The molecule has 1 atom stereocenters. The maximum Gasteiger partial charge on any atom is 0.340 e. The van der Waals surface area contributed by atoms with Gasteiger partial charge in [0.1, 0.15) is 11.5 Å². The fraction of sp³-hybridized carbons (Fsp3) is 0.296. The molecule has 0 spiro atoms. The average molecular weight is 432 g/mol. The molecule has 4 rings (SSSR count). The number of ether oxygens (including phenoxy) is 2. The zero-order valence-corrected chi connectivity index (χ0v) is 19.2. The highest BCUT2D eigenvalue weighted by Crippen LogP contribution is 2.52. The third-order valence-electron chi connectivity index (χ3n) is 6.46. The first-order valence-electron chi connectivity index (χ1n) is 10.9. The van der Waals surface area contributed by atoms with E-state index in [0.29, 0.717) is 28.0 Å². The topological polar surface area (TPSA) is 59.0 Å². The van der Waals surface area contributed by atoms with E-state index >= 15 is 0 Å². The van der Waals surface area contributed by atoms with Crippen LogP contribution in [0.25, 0.3) is 0 Å². The number of aromatic hydroxyl groups is 1. The lowest BCUT2D eigenvalue weighted by atomic mass is 9.78. The van der Waals surface area contributed by atoms with Gasteiger partial charge in [0.05, 0.1) is 12.7 Å². The number of fused-ring (bicyclic) bond motifs is 1. The van der Waals surface area contributed by atoms with Crippen molar-refractivity contribution in [1.29, 1.82) is 0 Å². The van der Waals surface area contributed by atoms with Crippen molar-refractivity contribution < 1.29 is 19.4 Å². The molecule has 0 amide bonds. The first-order valence-corrected chi connectivity index (χ1v) is 10.9. The highest BCUT2D eigenvalue weighted by atomic mass is 16.6. The van der Waals surface area contributed by atoms with Crippen molar-refractivity contribution in [2.45, 2.75) is 33.3 Å². The van der Waals surface area contributed by atoms with Crippen LogP contribution in [0, 0.1) is 13.8 Å². The Morgan fingerprint density at radius 3 is 2.31 bits per heavy atom. The third kappa shape index (κ3) is 3.20. The molecule has 0 aromatic heterocycles. The molecule has 166 valence electrons. The molecule has 0 radical (unpaired) electrons. The second-order valence-corrected chi connectivity index (χ2v) is 8.13. The first kappa shape index (κ1) is 21.8. The number of rotatable bonds is 6. The molecule has 0 saturated heterocycles. The van der Waals surface area contributed by atoms with Gasteiger partial charge in [-0.1, -0.05) is 18.2 Å². The summed E-state index contributed by atoms with van der Waals surface area (Å²) >= 11 is 0. The Hall–Kier alpha value is -3.47. The van der Waals surface area contributed by atoms with Gasteiger partial charge >= 0.3 is 5.97 Å². The summed E-state index contributed by atoms with van der Waals surface area (Å²) in [5, 5.41) is 11.1. The molecule has 1 N–H and O–H groups in total. The van der Waals surface area contributed by atoms with Crippen LogP contribution in [0.1, 0.15) is 52.0 Å². The summed E-state index contributed by atoms with van der Waals surface area (Å²) in [6.45, 7) is 9.86. The van der Waals surface area contributed by atoms with Gasteiger partial charge in [0.2, 0.25) is 0 Å². The molecule has 1 aliphatic heterocycles. The van der Waals surface area contributed by atoms with Crippen LogP contribution in [0.5, 0.6) is 11.5 Å². The van der Waals surface area contributed by atoms with Gasteiger partial charge in [0, 0.05) is 41.5 Å². The number of hydrogen-bond donors (Lipinski definition) is 1. The Labute approximate surface area is 189 Å². The number of phenolic OH excluding ortho intramolecular Hbond substituents is 1. The van der Waals surface area contributed by atoms with Crippen LogP contribution in [0.15, 0.2) is 54.6 Å². The lowest BCUT2D eigenvalue weighted by Crippen LogP contribution is -2.31. The molecule has 1 unspecified atom stereocenters. The van der Waals surface area contributed by atoms with Crippen molar-refractivity contribution in [1.82, 2.24) is 0 Å². The van der Waals surface area contributed by atoms with Gasteiger partial charge in [0.15, 0.2) is 5.60 Å². The summed E-state index contributed by atoms with van der Waals surface area (Å²) in [4.78, 5) is 15.2.